The van der Waals surface area contributed by atoms with Crippen molar-refractivity contribution in [3.63, 3.8) is 0 Å². The Kier molecular flexibility index (Phi) is 4.61. The Hall–Kier alpha value is -3.02. The molecule has 128 valence electrons. The molecule has 25 heavy (non-hydrogen) atoms. The number of aromatic hydroxyl groups is 1. The fourth-order valence-corrected chi connectivity index (χ4v) is 2.77. The first kappa shape index (κ1) is 16.8. The monoisotopic (exact) mass is 339 g/mol. The molecule has 0 aliphatic carbocycles. The minimum atomic E-state index is -0.465. The number of azo groups is 1. The number of hydrogen-bond acceptors (Lipinski definition) is 3. The first-order chi connectivity index (χ1) is 12.0. The molecule has 0 saturated carbocycles. The van der Waals surface area contributed by atoms with Gasteiger partial charge in [0.15, 0.2) is 5.69 Å². The number of aromatic nitrogens is 1. The molecule has 1 N–H and O–H groups in total. The van der Waals surface area contributed by atoms with E-state index in [1.54, 1.807) is 4.57 Å². The van der Waals surface area contributed by atoms with Gasteiger partial charge in [0.1, 0.15) is 5.82 Å². The van der Waals surface area contributed by atoms with Crippen molar-refractivity contribution in [2.45, 2.75) is 26.3 Å². The van der Waals surface area contributed by atoms with Gasteiger partial charge in [0.25, 0.3) is 5.91 Å². The highest BCUT2D eigenvalue weighted by Gasteiger charge is 2.18. The van der Waals surface area contributed by atoms with Crippen LogP contribution in [0.25, 0.3) is 10.9 Å². The minimum Gasteiger partial charge on any atom is -0.493 e. The third-order valence-electron chi connectivity index (χ3n) is 3.91. The van der Waals surface area contributed by atoms with Gasteiger partial charge in [-0.3, -0.25) is 4.79 Å². The molecular formula is C19H18FN3O2. The van der Waals surface area contributed by atoms with Crippen LogP contribution < -0.4 is 0 Å². The molecule has 3 aromatic rings. The van der Waals surface area contributed by atoms with Crippen LogP contribution in [0, 0.1) is 5.82 Å². The molecule has 0 fully saturated rings. The minimum absolute atomic E-state index is 0.0190. The van der Waals surface area contributed by atoms with Crippen LogP contribution in [0.5, 0.6) is 5.88 Å². The maximum Gasteiger partial charge on any atom is 0.269 e. The normalized spacial score (nSPS) is 11.7. The average molecular weight is 339 g/mol. The summed E-state index contributed by atoms with van der Waals surface area (Å²) in [5, 5.41) is 18.9. The molecule has 5 nitrogen and oxygen atoms in total. The van der Waals surface area contributed by atoms with Gasteiger partial charge in [-0.05, 0) is 37.6 Å². The van der Waals surface area contributed by atoms with E-state index in [1.807, 2.05) is 38.1 Å². The standard InChI is InChI=1S/C19H18FN3O2/c1-12(2)23-16-6-4-3-5-15(16)18(19(23)25)22-21-17(24)11-13-7-9-14(20)10-8-13/h3-10,12,25H,11H2,1-2H3. The lowest BCUT2D eigenvalue weighted by Crippen LogP contribution is -1.99. The van der Waals surface area contributed by atoms with Gasteiger partial charge in [-0.15, -0.1) is 10.2 Å². The van der Waals surface area contributed by atoms with E-state index in [2.05, 4.69) is 10.2 Å². The highest BCUT2D eigenvalue weighted by Crippen LogP contribution is 2.40. The SMILES string of the molecule is CC(C)n1c(O)c(N=NC(=O)Cc2ccc(F)cc2)c2ccccc21. The second kappa shape index (κ2) is 6.84. The molecule has 0 radical (unpaired) electrons. The number of rotatable bonds is 4. The molecular weight excluding hydrogens is 321 g/mol. The van der Waals surface area contributed by atoms with E-state index < -0.39 is 5.91 Å². The average Bonchev–Trinajstić information content (AvgIpc) is 2.86. The lowest BCUT2D eigenvalue weighted by molar-refractivity contribution is -0.117. The highest BCUT2D eigenvalue weighted by molar-refractivity contribution is 5.95. The Balaban J connectivity index is 1.89. The zero-order valence-electron chi connectivity index (χ0n) is 14.0. The van der Waals surface area contributed by atoms with Crippen LogP contribution >= 0.6 is 0 Å². The molecule has 1 aromatic heterocycles. The molecule has 0 aliphatic heterocycles. The summed E-state index contributed by atoms with van der Waals surface area (Å²) in [5.74, 6) is -0.842. The maximum absolute atomic E-state index is 12.9. The Morgan fingerprint density at radius 2 is 1.84 bits per heavy atom. The number of hydrogen-bond donors (Lipinski definition) is 1. The highest BCUT2D eigenvalue weighted by atomic mass is 19.1. The van der Waals surface area contributed by atoms with Crippen molar-refractivity contribution < 1.29 is 14.3 Å². The van der Waals surface area contributed by atoms with E-state index in [9.17, 15) is 14.3 Å². The molecule has 0 unspecified atom stereocenters. The zero-order valence-corrected chi connectivity index (χ0v) is 14.0. The van der Waals surface area contributed by atoms with E-state index in [0.717, 1.165) is 10.9 Å². The van der Waals surface area contributed by atoms with Crippen LogP contribution in [0.3, 0.4) is 0 Å². The van der Waals surface area contributed by atoms with Gasteiger partial charge in [0.2, 0.25) is 5.88 Å². The number of para-hydroxylation sites is 1. The van der Waals surface area contributed by atoms with Crippen molar-refractivity contribution in [3.8, 4) is 5.88 Å². The fraction of sp³-hybridized carbons (Fsp3) is 0.211. The second-order valence-corrected chi connectivity index (χ2v) is 6.05. The molecule has 0 bridgehead atoms. The van der Waals surface area contributed by atoms with Gasteiger partial charge < -0.3 is 9.67 Å². The van der Waals surface area contributed by atoms with E-state index >= 15 is 0 Å². The summed E-state index contributed by atoms with van der Waals surface area (Å²) in [4.78, 5) is 12.0. The summed E-state index contributed by atoms with van der Waals surface area (Å²) in [6, 6.07) is 13.1. The number of carbonyl (C=O) groups excluding carboxylic acids is 1. The van der Waals surface area contributed by atoms with Crippen LogP contribution in [0.1, 0.15) is 25.5 Å². The summed E-state index contributed by atoms with van der Waals surface area (Å²) in [7, 11) is 0. The van der Waals surface area contributed by atoms with Crippen LogP contribution in [-0.4, -0.2) is 15.6 Å². The lowest BCUT2D eigenvalue weighted by atomic mass is 10.1. The van der Waals surface area contributed by atoms with Crippen molar-refractivity contribution in [1.82, 2.24) is 4.57 Å². The van der Waals surface area contributed by atoms with Crippen LogP contribution in [0.2, 0.25) is 0 Å². The first-order valence-electron chi connectivity index (χ1n) is 7.98. The molecule has 2 aromatic carbocycles. The lowest BCUT2D eigenvalue weighted by Gasteiger charge is -2.10. The van der Waals surface area contributed by atoms with Crippen molar-refractivity contribution in [1.29, 1.82) is 0 Å². The third-order valence-corrected chi connectivity index (χ3v) is 3.91. The summed E-state index contributed by atoms with van der Waals surface area (Å²) in [6.07, 6.45) is 0.0212. The van der Waals surface area contributed by atoms with Crippen LogP contribution in [-0.2, 0) is 11.2 Å². The summed E-state index contributed by atoms with van der Waals surface area (Å²) in [5.41, 5.74) is 1.76. The van der Waals surface area contributed by atoms with Crippen molar-refractivity contribution >= 4 is 22.5 Å². The zero-order chi connectivity index (χ0) is 18.0. The molecule has 1 amide bonds. The third kappa shape index (κ3) is 3.42. The summed E-state index contributed by atoms with van der Waals surface area (Å²) < 4.78 is 14.6. The Morgan fingerprint density at radius 3 is 2.52 bits per heavy atom. The maximum atomic E-state index is 12.9. The van der Waals surface area contributed by atoms with E-state index in [0.29, 0.717) is 5.56 Å². The Labute approximate surface area is 144 Å². The Bertz CT molecular complexity index is 943. The topological polar surface area (TPSA) is 66.9 Å². The van der Waals surface area contributed by atoms with E-state index in [1.165, 1.54) is 24.3 Å². The van der Waals surface area contributed by atoms with Crippen molar-refractivity contribution in [2.24, 2.45) is 10.2 Å². The van der Waals surface area contributed by atoms with Crippen LogP contribution in [0.15, 0.2) is 58.8 Å². The van der Waals surface area contributed by atoms with E-state index in [4.69, 9.17) is 0 Å². The predicted octanol–water partition coefficient (Wildman–Crippen LogP) is 4.92. The quantitative estimate of drug-likeness (QED) is 0.686. The smallest absolute Gasteiger partial charge is 0.269 e. The van der Waals surface area contributed by atoms with Gasteiger partial charge in [0.05, 0.1) is 11.9 Å². The van der Waals surface area contributed by atoms with Gasteiger partial charge in [0, 0.05) is 11.4 Å². The van der Waals surface area contributed by atoms with Crippen molar-refractivity contribution in [2.75, 3.05) is 0 Å². The number of benzene rings is 2. The van der Waals surface area contributed by atoms with E-state index in [-0.39, 0.29) is 29.8 Å². The molecule has 0 aliphatic rings. The molecule has 6 heteroatoms. The van der Waals surface area contributed by atoms with Gasteiger partial charge in [-0.1, -0.05) is 30.3 Å². The summed E-state index contributed by atoms with van der Waals surface area (Å²) >= 11 is 0. The predicted molar refractivity (Wildman–Crippen MR) is 93.6 cm³/mol. The number of amides is 1. The first-order valence-corrected chi connectivity index (χ1v) is 7.98. The molecule has 0 atom stereocenters. The number of nitrogens with zero attached hydrogens (tertiary/aromatic N) is 3. The Morgan fingerprint density at radius 1 is 1.16 bits per heavy atom. The molecule has 0 spiro atoms. The molecule has 3 rings (SSSR count). The van der Waals surface area contributed by atoms with Gasteiger partial charge >= 0.3 is 0 Å². The fourth-order valence-electron chi connectivity index (χ4n) is 2.77. The number of carbonyl (C=O) groups is 1. The molecule has 1 heterocycles. The van der Waals surface area contributed by atoms with Gasteiger partial charge in [-0.25, -0.2) is 4.39 Å². The largest absolute Gasteiger partial charge is 0.493 e. The molecule has 0 saturated heterocycles. The number of halogens is 1. The van der Waals surface area contributed by atoms with Crippen molar-refractivity contribution in [3.05, 3.63) is 59.9 Å². The van der Waals surface area contributed by atoms with Gasteiger partial charge in [-0.2, -0.15) is 0 Å². The number of fused-ring (bicyclic) bond motifs is 1. The second-order valence-electron chi connectivity index (χ2n) is 6.05. The van der Waals surface area contributed by atoms with Crippen LogP contribution in [0.4, 0.5) is 10.1 Å². The summed E-state index contributed by atoms with van der Waals surface area (Å²) in [6.45, 7) is 3.90.